The predicted octanol–water partition coefficient (Wildman–Crippen LogP) is 3.71. The normalized spacial score (nSPS) is 15.0. The number of nitrogens with one attached hydrogen (secondary N) is 2. The number of rotatable bonds is 6. The van der Waals surface area contributed by atoms with Crippen LogP contribution < -0.4 is 15.4 Å². The number of nitrogens with zero attached hydrogens (tertiary/aromatic N) is 1. The van der Waals surface area contributed by atoms with Crippen molar-refractivity contribution in [3.05, 3.63) is 65.7 Å². The molecule has 0 radical (unpaired) electrons. The first kappa shape index (κ1) is 19.6. The third-order valence-electron chi connectivity index (χ3n) is 4.65. The van der Waals surface area contributed by atoms with Crippen molar-refractivity contribution in [3.8, 4) is 5.75 Å². The number of guanidine groups is 1. The molecule has 1 aliphatic carbocycles. The average Bonchev–Trinajstić information content (AvgIpc) is 3.44. The average molecular weight is 451 g/mol. The van der Waals surface area contributed by atoms with Crippen LogP contribution in [0, 0.1) is 0 Å². The van der Waals surface area contributed by atoms with Gasteiger partial charge < -0.3 is 15.4 Å². The summed E-state index contributed by atoms with van der Waals surface area (Å²) < 4.78 is 5.54. The third-order valence-corrected chi connectivity index (χ3v) is 4.65. The van der Waals surface area contributed by atoms with E-state index in [-0.39, 0.29) is 29.4 Å². The molecule has 0 aromatic heterocycles. The maximum absolute atomic E-state index is 5.54. The Balaban J connectivity index is 0.00000225. The number of para-hydroxylation sites is 1. The van der Waals surface area contributed by atoms with Gasteiger partial charge in [-0.15, -0.1) is 24.0 Å². The molecule has 1 fully saturated rings. The Hall–Kier alpha value is -1.76. The molecule has 134 valence electrons. The van der Waals surface area contributed by atoms with Crippen LogP contribution >= 0.6 is 24.0 Å². The third kappa shape index (κ3) is 4.87. The van der Waals surface area contributed by atoms with Gasteiger partial charge in [-0.1, -0.05) is 48.5 Å². The second-order valence-corrected chi connectivity index (χ2v) is 6.25. The van der Waals surface area contributed by atoms with Gasteiger partial charge in [0.25, 0.3) is 0 Å². The van der Waals surface area contributed by atoms with E-state index in [9.17, 15) is 0 Å². The molecular formula is C20H26IN3O. The second kappa shape index (κ2) is 9.08. The Morgan fingerprint density at radius 3 is 2.36 bits per heavy atom. The summed E-state index contributed by atoms with van der Waals surface area (Å²) in [5.74, 6) is 1.81. The van der Waals surface area contributed by atoms with Crippen molar-refractivity contribution in [2.45, 2.75) is 24.8 Å². The Bertz CT molecular complexity index is 699. The van der Waals surface area contributed by atoms with Gasteiger partial charge in [-0.25, -0.2) is 0 Å². The highest BCUT2D eigenvalue weighted by Crippen LogP contribution is 2.50. The van der Waals surface area contributed by atoms with Crippen LogP contribution in [-0.2, 0) is 12.0 Å². The second-order valence-electron chi connectivity index (χ2n) is 6.25. The number of halogens is 1. The summed E-state index contributed by atoms with van der Waals surface area (Å²) in [7, 11) is 3.55. The van der Waals surface area contributed by atoms with Crippen molar-refractivity contribution in [1.82, 2.24) is 10.6 Å². The zero-order valence-electron chi connectivity index (χ0n) is 14.8. The highest BCUT2D eigenvalue weighted by molar-refractivity contribution is 14.0. The first-order valence-electron chi connectivity index (χ1n) is 8.39. The molecular weight excluding hydrogens is 425 g/mol. The van der Waals surface area contributed by atoms with Crippen LogP contribution in [0.25, 0.3) is 0 Å². The predicted molar refractivity (Wildman–Crippen MR) is 114 cm³/mol. The van der Waals surface area contributed by atoms with Gasteiger partial charge in [0, 0.05) is 31.1 Å². The lowest BCUT2D eigenvalue weighted by Gasteiger charge is -2.21. The molecule has 1 saturated carbocycles. The fourth-order valence-corrected chi connectivity index (χ4v) is 3.03. The maximum Gasteiger partial charge on any atom is 0.191 e. The fraction of sp³-hybridized carbons (Fsp3) is 0.350. The zero-order chi connectivity index (χ0) is 16.8. The number of methoxy groups -OCH3 is 1. The molecule has 0 atom stereocenters. The number of benzene rings is 2. The molecule has 3 rings (SSSR count). The van der Waals surface area contributed by atoms with E-state index >= 15 is 0 Å². The summed E-state index contributed by atoms with van der Waals surface area (Å²) in [6.45, 7) is 1.63. The molecule has 4 nitrogen and oxygen atoms in total. The molecule has 25 heavy (non-hydrogen) atoms. The van der Waals surface area contributed by atoms with Crippen LogP contribution in [0.5, 0.6) is 5.75 Å². The molecule has 0 bridgehead atoms. The lowest BCUT2D eigenvalue weighted by Crippen LogP contribution is -2.41. The number of hydrogen-bond acceptors (Lipinski definition) is 2. The van der Waals surface area contributed by atoms with Gasteiger partial charge in [-0.05, 0) is 24.5 Å². The quantitative estimate of drug-likeness (QED) is 0.400. The summed E-state index contributed by atoms with van der Waals surface area (Å²) in [4.78, 5) is 4.33. The van der Waals surface area contributed by atoms with E-state index < -0.39 is 0 Å². The zero-order valence-corrected chi connectivity index (χ0v) is 17.1. The van der Waals surface area contributed by atoms with Gasteiger partial charge in [0.1, 0.15) is 5.75 Å². The van der Waals surface area contributed by atoms with E-state index in [4.69, 9.17) is 4.74 Å². The molecule has 0 heterocycles. The molecule has 0 saturated heterocycles. The molecule has 0 unspecified atom stereocenters. The summed E-state index contributed by atoms with van der Waals surface area (Å²) in [6, 6.07) is 18.7. The first-order chi connectivity index (χ1) is 11.8. The first-order valence-corrected chi connectivity index (χ1v) is 8.39. The van der Waals surface area contributed by atoms with E-state index in [2.05, 4.69) is 39.9 Å². The van der Waals surface area contributed by atoms with E-state index in [1.54, 1.807) is 7.11 Å². The maximum atomic E-state index is 5.54. The summed E-state index contributed by atoms with van der Waals surface area (Å²) in [5.41, 5.74) is 2.70. The lowest BCUT2D eigenvalue weighted by molar-refractivity contribution is 0.403. The van der Waals surface area contributed by atoms with Crippen molar-refractivity contribution in [2.24, 2.45) is 4.99 Å². The van der Waals surface area contributed by atoms with Gasteiger partial charge in [-0.2, -0.15) is 0 Å². The monoisotopic (exact) mass is 451 g/mol. The lowest BCUT2D eigenvalue weighted by atomic mass is 9.95. The minimum absolute atomic E-state index is 0. The molecule has 2 aromatic carbocycles. The van der Waals surface area contributed by atoms with E-state index in [1.165, 1.54) is 24.0 Å². The van der Waals surface area contributed by atoms with Gasteiger partial charge >= 0.3 is 0 Å². The van der Waals surface area contributed by atoms with Crippen molar-refractivity contribution in [3.63, 3.8) is 0 Å². The Morgan fingerprint density at radius 1 is 1.04 bits per heavy atom. The van der Waals surface area contributed by atoms with Gasteiger partial charge in [0.2, 0.25) is 0 Å². The van der Waals surface area contributed by atoms with Gasteiger partial charge in [0.15, 0.2) is 5.96 Å². The molecule has 0 amide bonds. The van der Waals surface area contributed by atoms with Crippen LogP contribution in [0.15, 0.2) is 59.6 Å². The molecule has 0 aliphatic heterocycles. The highest BCUT2D eigenvalue weighted by Gasteiger charge is 2.45. The largest absolute Gasteiger partial charge is 0.496 e. The Labute approximate surface area is 167 Å². The Kier molecular flexibility index (Phi) is 7.11. The summed E-state index contributed by atoms with van der Waals surface area (Å²) in [5, 5.41) is 6.85. The number of hydrogen-bond donors (Lipinski definition) is 2. The SMILES string of the molecule is CN=C(NCc1ccccc1)NCC1(c2ccccc2OC)CC1.I. The number of aliphatic imine (C=N–C) groups is 1. The standard InChI is InChI=1S/C20H25N3O.HI/c1-21-19(22-14-16-8-4-3-5-9-16)23-15-20(12-13-20)17-10-6-7-11-18(17)24-2;/h3-11H,12-15H2,1-2H3,(H2,21,22,23);1H. The molecule has 0 spiro atoms. The van der Waals surface area contributed by atoms with Crippen molar-refractivity contribution >= 4 is 29.9 Å². The van der Waals surface area contributed by atoms with E-state index in [0.717, 1.165) is 24.8 Å². The van der Waals surface area contributed by atoms with E-state index in [1.807, 2.05) is 37.4 Å². The van der Waals surface area contributed by atoms with Crippen molar-refractivity contribution in [1.29, 1.82) is 0 Å². The van der Waals surface area contributed by atoms with Crippen LogP contribution in [-0.4, -0.2) is 26.7 Å². The van der Waals surface area contributed by atoms with Crippen LogP contribution in [0.4, 0.5) is 0 Å². The van der Waals surface area contributed by atoms with Crippen LogP contribution in [0.1, 0.15) is 24.0 Å². The molecule has 1 aliphatic rings. The summed E-state index contributed by atoms with van der Waals surface area (Å²) in [6.07, 6.45) is 2.35. The number of ether oxygens (including phenoxy) is 1. The Morgan fingerprint density at radius 2 is 1.72 bits per heavy atom. The van der Waals surface area contributed by atoms with Crippen molar-refractivity contribution in [2.75, 3.05) is 20.7 Å². The van der Waals surface area contributed by atoms with Crippen LogP contribution in [0.2, 0.25) is 0 Å². The minimum Gasteiger partial charge on any atom is -0.496 e. The minimum atomic E-state index is 0. The highest BCUT2D eigenvalue weighted by atomic mass is 127. The molecule has 5 heteroatoms. The summed E-state index contributed by atoms with van der Waals surface area (Å²) >= 11 is 0. The molecule has 2 aromatic rings. The molecule has 2 N–H and O–H groups in total. The van der Waals surface area contributed by atoms with Crippen LogP contribution in [0.3, 0.4) is 0 Å². The fourth-order valence-electron chi connectivity index (χ4n) is 3.03. The van der Waals surface area contributed by atoms with E-state index in [0.29, 0.717) is 0 Å². The smallest absolute Gasteiger partial charge is 0.191 e. The van der Waals surface area contributed by atoms with Gasteiger partial charge in [-0.3, -0.25) is 4.99 Å². The van der Waals surface area contributed by atoms with Gasteiger partial charge in [0.05, 0.1) is 7.11 Å². The topological polar surface area (TPSA) is 45.7 Å². The van der Waals surface area contributed by atoms with Crippen molar-refractivity contribution < 1.29 is 4.74 Å².